The van der Waals surface area contributed by atoms with Gasteiger partial charge in [-0.3, -0.25) is 0 Å². The van der Waals surface area contributed by atoms with Crippen molar-refractivity contribution in [3.05, 3.63) is 34.1 Å². The maximum atomic E-state index is 5.27. The Morgan fingerprint density at radius 1 is 1.38 bits per heavy atom. The molecule has 1 aliphatic rings. The van der Waals surface area contributed by atoms with Crippen molar-refractivity contribution in [3.8, 4) is 5.75 Å². The van der Waals surface area contributed by atoms with Crippen LogP contribution in [0, 0.1) is 0 Å². The molecular weight excluding hydrogens is 352 g/mol. The summed E-state index contributed by atoms with van der Waals surface area (Å²) in [5, 5.41) is 14.0. The highest BCUT2D eigenvalue weighted by atomic mass is 79.9. The number of fused-ring (bicyclic) bond motifs is 1. The first kappa shape index (κ1) is 14.6. The monoisotopic (exact) mass is 366 g/mol. The number of ether oxygens (including phenoxy) is 1. The summed E-state index contributed by atoms with van der Waals surface area (Å²) < 4.78 is 8.06. The minimum Gasteiger partial charge on any atom is -0.496 e. The highest BCUT2D eigenvalue weighted by Crippen LogP contribution is 2.29. The highest BCUT2D eigenvalue weighted by molar-refractivity contribution is 9.10. The predicted molar refractivity (Wildman–Crippen MR) is 87.4 cm³/mol. The summed E-state index contributed by atoms with van der Waals surface area (Å²) in [4.78, 5) is 0. The number of benzene rings is 1. The van der Waals surface area contributed by atoms with Gasteiger partial charge in [0.05, 0.1) is 17.3 Å². The molecule has 0 fully saturated rings. The Hall–Kier alpha value is -1.34. The van der Waals surface area contributed by atoms with Crippen molar-refractivity contribution in [1.82, 2.24) is 14.9 Å². The van der Waals surface area contributed by atoms with Gasteiger partial charge < -0.3 is 4.74 Å². The number of aryl methyl sites for hydroxylation is 1. The molecule has 1 aliphatic heterocycles. The van der Waals surface area contributed by atoms with Crippen molar-refractivity contribution >= 4 is 33.4 Å². The van der Waals surface area contributed by atoms with Crippen molar-refractivity contribution in [2.75, 3.05) is 12.9 Å². The first-order chi connectivity index (χ1) is 10.2. The van der Waals surface area contributed by atoms with Gasteiger partial charge in [-0.1, -0.05) is 18.7 Å². The van der Waals surface area contributed by atoms with E-state index in [1.165, 1.54) is 0 Å². The van der Waals surface area contributed by atoms with E-state index in [-0.39, 0.29) is 0 Å². The van der Waals surface area contributed by atoms with Gasteiger partial charge in [-0.15, -0.1) is 10.2 Å². The summed E-state index contributed by atoms with van der Waals surface area (Å²) in [5.41, 5.74) is 2.10. The van der Waals surface area contributed by atoms with E-state index in [9.17, 15) is 0 Å². The van der Waals surface area contributed by atoms with Crippen molar-refractivity contribution in [3.63, 3.8) is 0 Å². The number of methoxy groups -OCH3 is 1. The first-order valence-electron chi connectivity index (χ1n) is 6.71. The number of thioether (sulfide) groups is 1. The van der Waals surface area contributed by atoms with E-state index >= 15 is 0 Å². The van der Waals surface area contributed by atoms with Crippen LogP contribution in [0.5, 0.6) is 5.75 Å². The highest BCUT2D eigenvalue weighted by Gasteiger charge is 2.19. The smallest absolute Gasteiger partial charge is 0.212 e. The van der Waals surface area contributed by atoms with Crippen LogP contribution in [0.2, 0.25) is 0 Å². The molecule has 2 aromatic rings. The summed E-state index contributed by atoms with van der Waals surface area (Å²) in [5.74, 6) is 2.53. The lowest BCUT2D eigenvalue weighted by Crippen LogP contribution is -2.14. The first-order valence-corrected chi connectivity index (χ1v) is 8.49. The van der Waals surface area contributed by atoms with Gasteiger partial charge in [0.1, 0.15) is 5.75 Å². The number of hydrogen-bond donors (Lipinski definition) is 0. The molecule has 0 unspecified atom stereocenters. The largest absolute Gasteiger partial charge is 0.496 e. The minimum atomic E-state index is 0.795. The van der Waals surface area contributed by atoms with E-state index < -0.39 is 0 Å². The molecule has 110 valence electrons. The van der Waals surface area contributed by atoms with Gasteiger partial charge in [-0.2, -0.15) is 9.78 Å². The van der Waals surface area contributed by atoms with Gasteiger partial charge in [0, 0.05) is 17.7 Å². The number of aromatic nitrogens is 3. The molecule has 2 heterocycles. The van der Waals surface area contributed by atoms with Crippen LogP contribution in [0.4, 0.5) is 0 Å². The van der Waals surface area contributed by atoms with Crippen molar-refractivity contribution in [2.45, 2.75) is 24.9 Å². The van der Waals surface area contributed by atoms with Crippen LogP contribution in [0.1, 0.15) is 24.7 Å². The number of nitrogens with zero attached hydrogens (tertiary/aromatic N) is 4. The second kappa shape index (κ2) is 6.19. The van der Waals surface area contributed by atoms with Crippen LogP contribution in [0.15, 0.2) is 32.9 Å². The van der Waals surface area contributed by atoms with Crippen molar-refractivity contribution in [1.29, 1.82) is 0 Å². The molecule has 0 spiro atoms. The fourth-order valence-electron chi connectivity index (χ4n) is 2.14. The Balaban J connectivity index is 1.98. The zero-order valence-corrected chi connectivity index (χ0v) is 14.2. The molecule has 0 atom stereocenters. The summed E-state index contributed by atoms with van der Waals surface area (Å²) in [7, 11) is 1.66. The minimum absolute atomic E-state index is 0.795. The summed E-state index contributed by atoms with van der Waals surface area (Å²) in [6.07, 6.45) is 1.92. The van der Waals surface area contributed by atoms with E-state index in [1.54, 1.807) is 18.9 Å². The molecule has 7 heteroatoms. The maximum Gasteiger partial charge on any atom is 0.212 e. The Bertz CT molecular complexity index is 698. The molecule has 3 rings (SSSR count). The molecule has 1 aromatic heterocycles. The quantitative estimate of drug-likeness (QED) is 0.832. The van der Waals surface area contributed by atoms with Gasteiger partial charge in [0.15, 0.2) is 5.82 Å². The van der Waals surface area contributed by atoms with Gasteiger partial charge in [-0.05, 0) is 40.5 Å². The Morgan fingerprint density at radius 2 is 2.24 bits per heavy atom. The van der Waals surface area contributed by atoms with E-state index in [0.29, 0.717) is 0 Å². The predicted octanol–water partition coefficient (Wildman–Crippen LogP) is 3.36. The second-order valence-corrected chi connectivity index (χ2v) is 6.44. The second-order valence-electron chi connectivity index (χ2n) is 4.65. The summed E-state index contributed by atoms with van der Waals surface area (Å²) in [6.45, 7) is 2.13. The standard InChI is InChI=1S/C14H15BrN4OS/c1-3-4-13-16-17-14-19(13)18-11(8-21-14)9-5-6-12(20-2)10(15)7-9/h5-7H,3-4,8H2,1-2H3. The summed E-state index contributed by atoms with van der Waals surface area (Å²) >= 11 is 5.19. The van der Waals surface area contributed by atoms with Gasteiger partial charge in [0.25, 0.3) is 0 Å². The lowest BCUT2D eigenvalue weighted by atomic mass is 10.1. The molecule has 0 saturated heterocycles. The Morgan fingerprint density at radius 3 is 2.95 bits per heavy atom. The summed E-state index contributed by atoms with van der Waals surface area (Å²) in [6, 6.07) is 6.01. The molecule has 0 amide bonds. The zero-order chi connectivity index (χ0) is 14.8. The lowest BCUT2D eigenvalue weighted by molar-refractivity contribution is 0.412. The molecule has 0 N–H and O–H groups in total. The van der Waals surface area contributed by atoms with E-state index in [0.717, 1.165) is 51.1 Å². The third kappa shape index (κ3) is 2.85. The molecule has 0 radical (unpaired) electrons. The lowest BCUT2D eigenvalue weighted by Gasteiger charge is -2.14. The number of hydrogen-bond acceptors (Lipinski definition) is 5. The van der Waals surface area contributed by atoms with E-state index in [1.807, 2.05) is 22.9 Å². The normalized spacial score (nSPS) is 13.8. The Labute approximate surface area is 135 Å². The fraction of sp³-hybridized carbons (Fsp3) is 0.357. The average molecular weight is 367 g/mol. The van der Waals surface area contributed by atoms with Crippen LogP contribution in [0.3, 0.4) is 0 Å². The van der Waals surface area contributed by atoms with Gasteiger partial charge in [-0.25, -0.2) is 0 Å². The van der Waals surface area contributed by atoms with Crippen LogP contribution >= 0.6 is 27.7 Å². The Kier molecular flexibility index (Phi) is 4.30. The average Bonchev–Trinajstić information content (AvgIpc) is 2.90. The van der Waals surface area contributed by atoms with Crippen molar-refractivity contribution < 1.29 is 4.74 Å². The SMILES string of the molecule is CCCc1nnc2n1N=C(c1ccc(OC)c(Br)c1)CS2. The number of rotatable bonds is 4. The van der Waals surface area contributed by atoms with Crippen LogP contribution in [0.25, 0.3) is 0 Å². The molecule has 0 aliphatic carbocycles. The van der Waals surface area contributed by atoms with Crippen LogP contribution < -0.4 is 4.74 Å². The fourth-order valence-corrected chi connectivity index (χ4v) is 3.53. The van der Waals surface area contributed by atoms with Crippen LogP contribution in [-0.2, 0) is 6.42 Å². The third-order valence-electron chi connectivity index (χ3n) is 3.19. The topological polar surface area (TPSA) is 52.3 Å². The van der Waals surface area contributed by atoms with Crippen LogP contribution in [-0.4, -0.2) is 33.4 Å². The van der Waals surface area contributed by atoms with Gasteiger partial charge in [0.2, 0.25) is 5.16 Å². The molecule has 1 aromatic carbocycles. The molecule has 0 saturated carbocycles. The third-order valence-corrected chi connectivity index (χ3v) is 4.74. The molecule has 0 bridgehead atoms. The molecular formula is C14H15BrN4OS. The number of halogens is 1. The molecule has 21 heavy (non-hydrogen) atoms. The molecule has 5 nitrogen and oxygen atoms in total. The van der Waals surface area contributed by atoms with Crippen molar-refractivity contribution in [2.24, 2.45) is 5.10 Å². The zero-order valence-electron chi connectivity index (χ0n) is 11.8. The van der Waals surface area contributed by atoms with Gasteiger partial charge >= 0.3 is 0 Å². The van der Waals surface area contributed by atoms with E-state index in [4.69, 9.17) is 9.84 Å². The maximum absolute atomic E-state index is 5.27. The van der Waals surface area contributed by atoms with E-state index in [2.05, 4.69) is 33.1 Å².